The van der Waals surface area contributed by atoms with Crippen LogP contribution >= 0.6 is 0 Å². The summed E-state index contributed by atoms with van der Waals surface area (Å²) in [4.78, 5) is 0. The maximum Gasteiger partial charge on any atom is -0.0199 e. The first kappa shape index (κ1) is 5.67. The normalized spacial score (nSPS) is 80.0. The monoisotopic (exact) mass is 160 g/mol. The summed E-state index contributed by atoms with van der Waals surface area (Å²) in [7, 11) is 0. The zero-order valence-electron chi connectivity index (χ0n) is 7.50. The second-order valence-corrected chi connectivity index (χ2v) is 6.20. The second kappa shape index (κ2) is 1.31. The highest BCUT2D eigenvalue weighted by Gasteiger charge is 2.83. The molecule has 64 valence electrons. The fourth-order valence-electron chi connectivity index (χ4n) is 6.33. The van der Waals surface area contributed by atoms with Gasteiger partial charge in [0.1, 0.15) is 0 Å². The Morgan fingerprint density at radius 2 is 1.50 bits per heavy atom. The van der Waals surface area contributed by atoms with Crippen molar-refractivity contribution >= 4 is 0 Å². The molecule has 0 saturated heterocycles. The molecule has 5 rings (SSSR count). The van der Waals surface area contributed by atoms with Crippen LogP contribution in [-0.2, 0) is 0 Å². The molecule has 0 aliphatic heterocycles. The van der Waals surface area contributed by atoms with Gasteiger partial charge in [-0.15, -0.1) is 0 Å². The topological polar surface area (TPSA) is 0 Å². The summed E-state index contributed by atoms with van der Waals surface area (Å²) < 4.78 is 0. The molecule has 0 aromatic carbocycles. The molecule has 5 aliphatic rings. The number of fused-ring (bicyclic) bond motifs is 3. The SMILES string of the molecule is C1CC2C1C1CC23C2CCC2C13. The van der Waals surface area contributed by atoms with Gasteiger partial charge in [0.2, 0.25) is 0 Å². The standard InChI is InChI=1S/C12H16/c1-3-9-6(1)8-5-12(9)10-4-2-7(10)11(8)12/h6-11H,1-5H2. The Labute approximate surface area is 73.7 Å². The van der Waals surface area contributed by atoms with Crippen molar-refractivity contribution in [3.05, 3.63) is 0 Å². The summed E-state index contributed by atoms with van der Waals surface area (Å²) in [5, 5.41) is 0. The van der Waals surface area contributed by atoms with Crippen LogP contribution in [0.15, 0.2) is 0 Å². The van der Waals surface area contributed by atoms with E-state index in [2.05, 4.69) is 0 Å². The van der Waals surface area contributed by atoms with Gasteiger partial charge in [0, 0.05) is 0 Å². The van der Waals surface area contributed by atoms with Gasteiger partial charge < -0.3 is 0 Å². The summed E-state index contributed by atoms with van der Waals surface area (Å²) in [6, 6.07) is 0. The van der Waals surface area contributed by atoms with Crippen molar-refractivity contribution in [2.75, 3.05) is 0 Å². The maximum atomic E-state index is 1.69. The number of hydrogen-bond acceptors (Lipinski definition) is 0. The fraction of sp³-hybridized carbons (Fsp3) is 1.00. The Balaban J connectivity index is 1.69. The van der Waals surface area contributed by atoms with Gasteiger partial charge in [-0.2, -0.15) is 0 Å². The first-order chi connectivity index (χ1) is 5.93. The van der Waals surface area contributed by atoms with Crippen LogP contribution in [0, 0.1) is 40.9 Å². The van der Waals surface area contributed by atoms with Crippen LogP contribution in [0.2, 0.25) is 0 Å². The Bertz CT molecular complexity index is 282. The minimum Gasteiger partial charge on any atom is -0.0496 e. The molecule has 0 N–H and O–H groups in total. The Kier molecular flexibility index (Phi) is 0.618. The first-order valence-corrected chi connectivity index (χ1v) is 5.93. The molecule has 7 atom stereocenters. The van der Waals surface area contributed by atoms with Crippen LogP contribution in [0.4, 0.5) is 0 Å². The molecule has 0 heteroatoms. The van der Waals surface area contributed by atoms with E-state index in [0.717, 1.165) is 5.41 Å². The third-order valence-corrected chi connectivity index (χ3v) is 6.72. The molecule has 12 heavy (non-hydrogen) atoms. The summed E-state index contributed by atoms with van der Waals surface area (Å²) in [5.74, 6) is 7.57. The molecule has 0 heterocycles. The molecule has 5 aliphatic carbocycles. The van der Waals surface area contributed by atoms with Gasteiger partial charge in [0.25, 0.3) is 0 Å². The van der Waals surface area contributed by atoms with Crippen LogP contribution in [0.5, 0.6) is 0 Å². The maximum absolute atomic E-state index is 1.69. The second-order valence-electron chi connectivity index (χ2n) is 6.20. The van der Waals surface area contributed by atoms with Gasteiger partial charge in [-0.1, -0.05) is 0 Å². The van der Waals surface area contributed by atoms with Crippen LogP contribution in [-0.4, -0.2) is 0 Å². The lowest BCUT2D eigenvalue weighted by molar-refractivity contribution is -0.262. The smallest absolute Gasteiger partial charge is 0.0199 e. The Morgan fingerprint density at radius 1 is 0.750 bits per heavy atom. The molecule has 0 aromatic rings. The molecular formula is C12H16. The van der Waals surface area contributed by atoms with Crippen molar-refractivity contribution < 1.29 is 0 Å². The first-order valence-electron chi connectivity index (χ1n) is 5.93. The van der Waals surface area contributed by atoms with E-state index in [4.69, 9.17) is 0 Å². The Morgan fingerprint density at radius 3 is 2.17 bits per heavy atom. The van der Waals surface area contributed by atoms with Crippen molar-refractivity contribution in [1.29, 1.82) is 0 Å². The van der Waals surface area contributed by atoms with Gasteiger partial charge in [-0.05, 0) is 73.0 Å². The summed E-state index contributed by atoms with van der Waals surface area (Å²) >= 11 is 0. The molecule has 7 unspecified atom stereocenters. The molecule has 5 fully saturated rings. The van der Waals surface area contributed by atoms with E-state index in [-0.39, 0.29) is 0 Å². The van der Waals surface area contributed by atoms with Crippen LogP contribution in [0.1, 0.15) is 32.1 Å². The van der Waals surface area contributed by atoms with Gasteiger partial charge in [-0.25, -0.2) is 0 Å². The van der Waals surface area contributed by atoms with Crippen molar-refractivity contribution in [2.45, 2.75) is 32.1 Å². The average Bonchev–Trinajstić information content (AvgIpc) is 2.21. The highest BCUT2D eigenvalue weighted by molar-refractivity contribution is 5.31. The van der Waals surface area contributed by atoms with Crippen LogP contribution in [0.3, 0.4) is 0 Å². The zero-order chi connectivity index (χ0) is 7.50. The summed E-state index contributed by atoms with van der Waals surface area (Å²) in [5.41, 5.74) is 1.01. The lowest BCUT2D eigenvalue weighted by Gasteiger charge is -2.74. The van der Waals surface area contributed by atoms with Gasteiger partial charge >= 0.3 is 0 Å². The molecule has 0 amide bonds. The van der Waals surface area contributed by atoms with E-state index in [1.165, 1.54) is 35.5 Å². The molecule has 0 spiro atoms. The Hall–Kier alpha value is 0. The van der Waals surface area contributed by atoms with Crippen molar-refractivity contribution in [3.8, 4) is 0 Å². The minimum absolute atomic E-state index is 1.01. The van der Waals surface area contributed by atoms with Crippen molar-refractivity contribution in [2.24, 2.45) is 40.9 Å². The predicted octanol–water partition coefficient (Wildman–Crippen LogP) is 2.69. The molecule has 0 radical (unpaired) electrons. The third kappa shape index (κ3) is 0.288. The molecule has 0 nitrogen and oxygen atoms in total. The van der Waals surface area contributed by atoms with Crippen LogP contribution < -0.4 is 0 Å². The van der Waals surface area contributed by atoms with E-state index < -0.39 is 0 Å². The van der Waals surface area contributed by atoms with Crippen molar-refractivity contribution in [3.63, 3.8) is 0 Å². The average molecular weight is 160 g/mol. The lowest BCUT2D eigenvalue weighted by atomic mass is 9.30. The quantitative estimate of drug-likeness (QED) is 0.511. The number of hydrogen-bond donors (Lipinski definition) is 0. The van der Waals surface area contributed by atoms with Gasteiger partial charge in [-0.3, -0.25) is 0 Å². The molecular weight excluding hydrogens is 144 g/mol. The largest absolute Gasteiger partial charge is 0.0496 e. The summed E-state index contributed by atoms with van der Waals surface area (Å²) in [6.45, 7) is 0. The van der Waals surface area contributed by atoms with E-state index in [1.54, 1.807) is 32.1 Å². The van der Waals surface area contributed by atoms with Gasteiger partial charge in [0.05, 0.1) is 0 Å². The lowest BCUT2D eigenvalue weighted by Crippen LogP contribution is -2.68. The van der Waals surface area contributed by atoms with E-state index in [1.807, 2.05) is 0 Å². The predicted molar refractivity (Wildman–Crippen MR) is 46.5 cm³/mol. The summed E-state index contributed by atoms with van der Waals surface area (Å²) in [6.07, 6.45) is 8.17. The highest BCUT2D eigenvalue weighted by Crippen LogP contribution is 2.89. The van der Waals surface area contributed by atoms with Crippen LogP contribution in [0.25, 0.3) is 0 Å². The van der Waals surface area contributed by atoms with E-state index in [9.17, 15) is 0 Å². The fourth-order valence-corrected chi connectivity index (χ4v) is 6.33. The molecule has 2 bridgehead atoms. The van der Waals surface area contributed by atoms with E-state index in [0.29, 0.717) is 0 Å². The van der Waals surface area contributed by atoms with Crippen molar-refractivity contribution in [1.82, 2.24) is 0 Å². The molecule has 0 aromatic heterocycles. The van der Waals surface area contributed by atoms with E-state index >= 15 is 0 Å². The molecule has 5 saturated carbocycles. The minimum atomic E-state index is 1.01. The highest BCUT2D eigenvalue weighted by atomic mass is 14.9. The number of rotatable bonds is 0. The third-order valence-electron chi connectivity index (χ3n) is 6.72. The zero-order valence-corrected chi connectivity index (χ0v) is 7.50. The van der Waals surface area contributed by atoms with Gasteiger partial charge in [0.15, 0.2) is 0 Å².